The van der Waals surface area contributed by atoms with Crippen LogP contribution in [0.15, 0.2) is 41.2 Å². The smallest absolute Gasteiger partial charge is 0.272 e. The highest BCUT2D eigenvalue weighted by Crippen LogP contribution is 2.28. The van der Waals surface area contributed by atoms with E-state index in [0.717, 1.165) is 0 Å². The van der Waals surface area contributed by atoms with Gasteiger partial charge in [0, 0.05) is 5.56 Å². The number of amides is 2. The number of hydrogen-bond donors (Lipinski definition) is 2. The van der Waals surface area contributed by atoms with Crippen LogP contribution in [0.25, 0.3) is 0 Å². The molecule has 0 saturated heterocycles. The largest absolute Gasteiger partial charge is 0.493 e. The number of carbonyl (C=O) groups excluding carboxylic acids is 2. The fourth-order valence-corrected chi connectivity index (χ4v) is 1.81. The van der Waals surface area contributed by atoms with Gasteiger partial charge in [-0.1, -0.05) is 0 Å². The predicted octanol–water partition coefficient (Wildman–Crippen LogP) is 2.15. The quantitative estimate of drug-likeness (QED) is 0.825. The number of ether oxygens (including phenoxy) is 2. The molecule has 0 unspecified atom stereocenters. The van der Waals surface area contributed by atoms with Crippen molar-refractivity contribution in [1.82, 2.24) is 10.9 Å². The van der Waals surface area contributed by atoms with E-state index in [9.17, 15) is 9.59 Å². The van der Waals surface area contributed by atoms with E-state index in [2.05, 4.69) is 10.9 Å². The highest BCUT2D eigenvalue weighted by Gasteiger charge is 2.13. The second kappa shape index (κ2) is 7.35. The zero-order chi connectivity index (χ0) is 16.8. The van der Waals surface area contributed by atoms with E-state index in [-0.39, 0.29) is 6.10 Å². The normalized spacial score (nSPS) is 10.3. The van der Waals surface area contributed by atoms with Gasteiger partial charge in [-0.2, -0.15) is 0 Å². The predicted molar refractivity (Wildman–Crippen MR) is 82.4 cm³/mol. The molecular weight excluding hydrogens is 300 g/mol. The van der Waals surface area contributed by atoms with Crippen molar-refractivity contribution < 1.29 is 23.5 Å². The van der Waals surface area contributed by atoms with Crippen LogP contribution in [-0.4, -0.2) is 25.0 Å². The third-order valence-electron chi connectivity index (χ3n) is 2.86. The van der Waals surface area contributed by atoms with E-state index in [0.29, 0.717) is 22.6 Å². The lowest BCUT2D eigenvalue weighted by atomic mass is 10.2. The lowest BCUT2D eigenvalue weighted by Gasteiger charge is -2.14. The van der Waals surface area contributed by atoms with Crippen LogP contribution in [0, 0.1) is 0 Å². The van der Waals surface area contributed by atoms with Crippen molar-refractivity contribution in [2.45, 2.75) is 20.0 Å². The number of methoxy groups -OCH3 is 1. The first-order chi connectivity index (χ1) is 11.0. The Morgan fingerprint density at radius 1 is 1.04 bits per heavy atom. The maximum atomic E-state index is 12.1. The molecule has 0 aliphatic heterocycles. The van der Waals surface area contributed by atoms with Gasteiger partial charge in [0.15, 0.2) is 11.5 Å². The number of hydrogen-bond acceptors (Lipinski definition) is 5. The molecule has 2 N–H and O–H groups in total. The minimum atomic E-state index is -0.476. The number of rotatable bonds is 5. The van der Waals surface area contributed by atoms with Gasteiger partial charge in [0.1, 0.15) is 6.26 Å². The van der Waals surface area contributed by atoms with Gasteiger partial charge >= 0.3 is 0 Å². The summed E-state index contributed by atoms with van der Waals surface area (Å²) in [5, 5.41) is 0. The van der Waals surface area contributed by atoms with Crippen LogP contribution in [-0.2, 0) is 0 Å². The zero-order valence-corrected chi connectivity index (χ0v) is 13.1. The summed E-state index contributed by atoms with van der Waals surface area (Å²) in [6.07, 6.45) is 2.63. The topological polar surface area (TPSA) is 89.8 Å². The summed E-state index contributed by atoms with van der Waals surface area (Å²) in [7, 11) is 1.49. The molecule has 2 amide bonds. The molecule has 0 saturated carbocycles. The summed E-state index contributed by atoms with van der Waals surface area (Å²) < 4.78 is 15.6. The molecule has 1 aromatic heterocycles. The molecule has 1 heterocycles. The van der Waals surface area contributed by atoms with Crippen molar-refractivity contribution in [3.63, 3.8) is 0 Å². The Hall–Kier alpha value is -2.96. The molecule has 0 aliphatic rings. The lowest BCUT2D eigenvalue weighted by Crippen LogP contribution is -2.41. The Balaban J connectivity index is 2.03. The van der Waals surface area contributed by atoms with Crippen LogP contribution in [0.3, 0.4) is 0 Å². The van der Waals surface area contributed by atoms with Crippen LogP contribution in [0.1, 0.15) is 34.6 Å². The molecule has 0 atom stereocenters. The van der Waals surface area contributed by atoms with Gasteiger partial charge in [0.05, 0.1) is 25.0 Å². The number of carbonyl (C=O) groups is 2. The summed E-state index contributed by atoms with van der Waals surface area (Å²) in [4.78, 5) is 23.8. The molecule has 23 heavy (non-hydrogen) atoms. The fourth-order valence-electron chi connectivity index (χ4n) is 1.81. The van der Waals surface area contributed by atoms with E-state index in [1.807, 2.05) is 13.8 Å². The second-order valence-electron chi connectivity index (χ2n) is 4.95. The minimum Gasteiger partial charge on any atom is -0.493 e. The Labute approximate surface area is 133 Å². The highest BCUT2D eigenvalue weighted by molar-refractivity contribution is 5.99. The second-order valence-corrected chi connectivity index (χ2v) is 4.95. The molecule has 122 valence electrons. The summed E-state index contributed by atoms with van der Waals surface area (Å²) in [5.74, 6) is 0.0315. The van der Waals surface area contributed by atoms with Gasteiger partial charge in [0.2, 0.25) is 0 Å². The number of nitrogens with one attached hydrogen (secondary N) is 2. The monoisotopic (exact) mass is 318 g/mol. The third-order valence-corrected chi connectivity index (χ3v) is 2.86. The Morgan fingerprint density at radius 3 is 2.30 bits per heavy atom. The van der Waals surface area contributed by atoms with Gasteiger partial charge in [-0.05, 0) is 38.1 Å². The van der Waals surface area contributed by atoms with Crippen molar-refractivity contribution in [1.29, 1.82) is 0 Å². The van der Waals surface area contributed by atoms with Crippen LogP contribution in [0.5, 0.6) is 11.5 Å². The summed E-state index contributed by atoms with van der Waals surface area (Å²) in [6.45, 7) is 3.79. The number of furan rings is 1. The van der Waals surface area contributed by atoms with Crippen molar-refractivity contribution >= 4 is 11.8 Å². The van der Waals surface area contributed by atoms with E-state index >= 15 is 0 Å². The third kappa shape index (κ3) is 4.26. The first-order valence-corrected chi connectivity index (χ1v) is 6.99. The van der Waals surface area contributed by atoms with Crippen LogP contribution in [0.4, 0.5) is 0 Å². The van der Waals surface area contributed by atoms with Gasteiger partial charge in [0.25, 0.3) is 11.8 Å². The lowest BCUT2D eigenvalue weighted by molar-refractivity contribution is 0.0846. The Bertz CT molecular complexity index is 680. The highest BCUT2D eigenvalue weighted by atomic mass is 16.5. The molecule has 7 nitrogen and oxygen atoms in total. The van der Waals surface area contributed by atoms with E-state index in [1.54, 1.807) is 12.1 Å². The van der Waals surface area contributed by atoms with Crippen molar-refractivity contribution in [2.24, 2.45) is 0 Å². The van der Waals surface area contributed by atoms with Crippen LogP contribution >= 0.6 is 0 Å². The van der Waals surface area contributed by atoms with Gasteiger partial charge in [-0.25, -0.2) is 0 Å². The first kappa shape index (κ1) is 16.4. The molecule has 0 bridgehead atoms. The van der Waals surface area contributed by atoms with Crippen molar-refractivity contribution in [3.05, 3.63) is 47.9 Å². The molecule has 2 aromatic rings. The van der Waals surface area contributed by atoms with Crippen LogP contribution in [0.2, 0.25) is 0 Å². The fraction of sp³-hybridized carbons (Fsp3) is 0.250. The molecule has 0 aliphatic carbocycles. The van der Waals surface area contributed by atoms with E-state index < -0.39 is 11.8 Å². The molecule has 1 aromatic carbocycles. The summed E-state index contributed by atoms with van der Waals surface area (Å²) in [5.41, 5.74) is 5.25. The van der Waals surface area contributed by atoms with Gasteiger partial charge < -0.3 is 13.9 Å². The zero-order valence-electron chi connectivity index (χ0n) is 13.1. The molecule has 7 heteroatoms. The first-order valence-electron chi connectivity index (χ1n) is 6.99. The molecule has 0 radical (unpaired) electrons. The minimum absolute atomic E-state index is 0.0159. The maximum Gasteiger partial charge on any atom is 0.272 e. The number of hydrazine groups is 1. The maximum absolute atomic E-state index is 12.1. The van der Waals surface area contributed by atoms with Gasteiger partial charge in [-0.3, -0.25) is 20.4 Å². The number of benzene rings is 1. The summed E-state index contributed by atoms with van der Waals surface area (Å²) in [6, 6.07) is 6.25. The Morgan fingerprint density at radius 2 is 1.74 bits per heavy atom. The molecular formula is C16H18N2O5. The Kier molecular flexibility index (Phi) is 5.24. The van der Waals surface area contributed by atoms with Crippen molar-refractivity contribution in [3.8, 4) is 11.5 Å². The summed E-state index contributed by atoms with van der Waals surface area (Å²) >= 11 is 0. The molecule has 0 spiro atoms. The standard InChI is InChI=1S/C16H18N2O5/c1-10(2)23-13-5-4-11(8-14(13)21-3)15(19)17-18-16(20)12-6-7-22-9-12/h4-10H,1-3H3,(H,17,19)(H,18,20). The van der Waals surface area contributed by atoms with E-state index in [1.165, 1.54) is 31.8 Å². The average molecular weight is 318 g/mol. The molecule has 2 rings (SSSR count). The SMILES string of the molecule is COc1cc(C(=O)NNC(=O)c2ccoc2)ccc1OC(C)C. The van der Waals surface area contributed by atoms with Crippen LogP contribution < -0.4 is 20.3 Å². The van der Waals surface area contributed by atoms with Crippen molar-refractivity contribution in [2.75, 3.05) is 7.11 Å². The molecule has 0 fully saturated rings. The van der Waals surface area contributed by atoms with Gasteiger partial charge in [-0.15, -0.1) is 0 Å². The van der Waals surface area contributed by atoms with E-state index in [4.69, 9.17) is 13.9 Å². The average Bonchev–Trinajstić information content (AvgIpc) is 3.06.